The first-order valence-electron chi connectivity index (χ1n) is 6.55. The zero-order valence-electron chi connectivity index (χ0n) is 11.3. The van der Waals surface area contributed by atoms with Crippen molar-refractivity contribution in [2.24, 2.45) is 0 Å². The van der Waals surface area contributed by atoms with Crippen LogP contribution in [0.1, 0.15) is 5.56 Å². The summed E-state index contributed by atoms with van der Waals surface area (Å²) in [5, 5.41) is 8.95. The molecule has 4 heteroatoms. The Labute approximate surface area is 122 Å². The second kappa shape index (κ2) is 5.93. The van der Waals surface area contributed by atoms with Gasteiger partial charge < -0.3 is 0 Å². The van der Waals surface area contributed by atoms with Gasteiger partial charge in [-0.15, -0.1) is 0 Å². The molecule has 0 amide bonds. The lowest BCUT2D eigenvalue weighted by molar-refractivity contribution is 1.20. The monoisotopic (exact) mass is 272 g/mol. The molecule has 3 heterocycles. The Morgan fingerprint density at radius 1 is 0.905 bits per heavy atom. The van der Waals surface area contributed by atoms with Crippen molar-refractivity contribution in [2.75, 3.05) is 0 Å². The van der Waals surface area contributed by atoms with Crippen molar-refractivity contribution in [1.82, 2.24) is 15.0 Å². The predicted molar refractivity (Wildman–Crippen MR) is 80.0 cm³/mol. The molecule has 21 heavy (non-hydrogen) atoms. The lowest BCUT2D eigenvalue weighted by Crippen LogP contribution is -1.93. The van der Waals surface area contributed by atoms with E-state index in [2.05, 4.69) is 21.0 Å². The van der Waals surface area contributed by atoms with E-state index in [4.69, 9.17) is 5.26 Å². The Hall–Kier alpha value is -3.06. The van der Waals surface area contributed by atoms with Gasteiger partial charge in [0, 0.05) is 35.9 Å². The number of hydrogen-bond acceptors (Lipinski definition) is 4. The summed E-state index contributed by atoms with van der Waals surface area (Å²) in [5.74, 6) is 0. The summed E-state index contributed by atoms with van der Waals surface area (Å²) in [4.78, 5) is 12.9. The van der Waals surface area contributed by atoms with E-state index in [9.17, 15) is 0 Å². The Bertz CT molecular complexity index is 719. The van der Waals surface area contributed by atoms with Crippen LogP contribution in [0.4, 0.5) is 0 Å². The largest absolute Gasteiger partial charge is 0.264 e. The molecule has 0 atom stereocenters. The number of pyridine rings is 3. The van der Waals surface area contributed by atoms with Gasteiger partial charge in [-0.2, -0.15) is 5.26 Å². The Morgan fingerprint density at radius 2 is 1.48 bits per heavy atom. The zero-order valence-corrected chi connectivity index (χ0v) is 11.3. The zero-order chi connectivity index (χ0) is 14.5. The molecule has 0 fully saturated rings. The molecule has 0 aromatic carbocycles. The van der Waals surface area contributed by atoms with E-state index < -0.39 is 0 Å². The van der Waals surface area contributed by atoms with Crippen molar-refractivity contribution < 1.29 is 0 Å². The molecule has 3 rings (SSSR count). The number of rotatable bonds is 3. The van der Waals surface area contributed by atoms with Crippen LogP contribution >= 0.6 is 0 Å². The highest BCUT2D eigenvalue weighted by molar-refractivity contribution is 5.66. The minimum absolute atomic E-state index is 0.350. The van der Waals surface area contributed by atoms with Crippen LogP contribution in [0.5, 0.6) is 0 Å². The van der Waals surface area contributed by atoms with Gasteiger partial charge in [0.25, 0.3) is 0 Å². The average Bonchev–Trinajstić information content (AvgIpc) is 2.56. The number of nitrogens with zero attached hydrogens (tertiary/aromatic N) is 4. The third-order valence-electron chi connectivity index (χ3n) is 3.08. The van der Waals surface area contributed by atoms with Crippen LogP contribution in [-0.2, 0) is 6.42 Å². The van der Waals surface area contributed by atoms with Crippen molar-refractivity contribution in [3.63, 3.8) is 0 Å². The summed E-state index contributed by atoms with van der Waals surface area (Å²) in [6, 6.07) is 13.7. The minimum atomic E-state index is 0.350. The Kier molecular flexibility index (Phi) is 3.66. The maximum absolute atomic E-state index is 8.95. The maximum Gasteiger partial charge on any atom is 0.0728 e. The van der Waals surface area contributed by atoms with Crippen molar-refractivity contribution in [3.05, 3.63) is 66.7 Å². The topological polar surface area (TPSA) is 62.5 Å². The van der Waals surface area contributed by atoms with Crippen LogP contribution in [0.25, 0.3) is 22.5 Å². The molecule has 3 aromatic heterocycles. The quantitative estimate of drug-likeness (QED) is 0.734. The SMILES string of the molecule is N#CCc1cc(-c2cccnc2)nc(-c2cccnc2)c1. The molecular weight excluding hydrogens is 260 g/mol. The van der Waals surface area contributed by atoms with E-state index in [1.165, 1.54) is 0 Å². The van der Waals surface area contributed by atoms with E-state index in [0.717, 1.165) is 28.1 Å². The lowest BCUT2D eigenvalue weighted by atomic mass is 10.1. The molecule has 100 valence electrons. The predicted octanol–water partition coefficient (Wildman–Crippen LogP) is 3.27. The molecule has 0 spiro atoms. The fraction of sp³-hybridized carbons (Fsp3) is 0.0588. The normalized spacial score (nSPS) is 10.0. The highest BCUT2D eigenvalue weighted by Crippen LogP contribution is 2.24. The number of hydrogen-bond donors (Lipinski definition) is 0. The highest BCUT2D eigenvalue weighted by Gasteiger charge is 2.07. The van der Waals surface area contributed by atoms with Gasteiger partial charge >= 0.3 is 0 Å². The Balaban J connectivity index is 2.13. The third kappa shape index (κ3) is 2.93. The smallest absolute Gasteiger partial charge is 0.0728 e. The van der Waals surface area contributed by atoms with E-state index >= 15 is 0 Å². The average molecular weight is 272 g/mol. The van der Waals surface area contributed by atoms with Gasteiger partial charge in [0.05, 0.1) is 23.9 Å². The molecule has 0 aliphatic rings. The van der Waals surface area contributed by atoms with E-state index in [0.29, 0.717) is 6.42 Å². The summed E-state index contributed by atoms with van der Waals surface area (Å²) < 4.78 is 0. The summed E-state index contributed by atoms with van der Waals surface area (Å²) in [6.45, 7) is 0. The molecule has 0 saturated carbocycles. The second-order valence-electron chi connectivity index (χ2n) is 4.56. The number of aromatic nitrogens is 3. The molecule has 0 bridgehead atoms. The van der Waals surface area contributed by atoms with Gasteiger partial charge in [0.1, 0.15) is 0 Å². The van der Waals surface area contributed by atoms with Crippen LogP contribution in [0, 0.1) is 11.3 Å². The molecule has 4 nitrogen and oxygen atoms in total. The summed E-state index contributed by atoms with van der Waals surface area (Å²) in [5.41, 5.74) is 4.43. The molecule has 0 aliphatic carbocycles. The van der Waals surface area contributed by atoms with Gasteiger partial charge in [0.15, 0.2) is 0 Å². The second-order valence-corrected chi connectivity index (χ2v) is 4.56. The van der Waals surface area contributed by atoms with Gasteiger partial charge in [-0.3, -0.25) is 9.97 Å². The molecule has 3 aromatic rings. The van der Waals surface area contributed by atoms with Gasteiger partial charge in [-0.25, -0.2) is 4.98 Å². The van der Waals surface area contributed by atoms with Crippen LogP contribution in [0.15, 0.2) is 61.2 Å². The molecule has 0 aliphatic heterocycles. The first-order valence-corrected chi connectivity index (χ1v) is 6.55. The van der Waals surface area contributed by atoms with Gasteiger partial charge in [0.2, 0.25) is 0 Å². The van der Waals surface area contributed by atoms with Crippen LogP contribution < -0.4 is 0 Å². The van der Waals surface area contributed by atoms with Crippen molar-refractivity contribution in [1.29, 1.82) is 5.26 Å². The summed E-state index contributed by atoms with van der Waals surface area (Å²) >= 11 is 0. The first kappa shape index (κ1) is 12.9. The van der Waals surface area contributed by atoms with Crippen molar-refractivity contribution in [2.45, 2.75) is 6.42 Å². The van der Waals surface area contributed by atoms with E-state index in [1.807, 2.05) is 36.4 Å². The van der Waals surface area contributed by atoms with Crippen LogP contribution in [-0.4, -0.2) is 15.0 Å². The molecular formula is C17H12N4. The molecule has 0 radical (unpaired) electrons. The van der Waals surface area contributed by atoms with Gasteiger partial charge in [-0.1, -0.05) is 0 Å². The lowest BCUT2D eigenvalue weighted by Gasteiger charge is -2.07. The fourth-order valence-electron chi connectivity index (χ4n) is 2.10. The van der Waals surface area contributed by atoms with E-state index in [1.54, 1.807) is 24.8 Å². The summed E-state index contributed by atoms with van der Waals surface area (Å²) in [6.07, 6.45) is 7.34. The third-order valence-corrected chi connectivity index (χ3v) is 3.08. The van der Waals surface area contributed by atoms with Crippen LogP contribution in [0.3, 0.4) is 0 Å². The minimum Gasteiger partial charge on any atom is -0.264 e. The summed E-state index contributed by atoms with van der Waals surface area (Å²) in [7, 11) is 0. The first-order chi connectivity index (χ1) is 10.4. The molecule has 0 unspecified atom stereocenters. The molecule has 0 N–H and O–H groups in total. The number of nitriles is 1. The van der Waals surface area contributed by atoms with Crippen molar-refractivity contribution in [3.8, 4) is 28.6 Å². The van der Waals surface area contributed by atoms with E-state index in [-0.39, 0.29) is 0 Å². The molecule has 0 saturated heterocycles. The van der Waals surface area contributed by atoms with Crippen LogP contribution in [0.2, 0.25) is 0 Å². The fourth-order valence-corrected chi connectivity index (χ4v) is 2.10. The van der Waals surface area contributed by atoms with Crippen molar-refractivity contribution >= 4 is 0 Å². The van der Waals surface area contributed by atoms with Gasteiger partial charge in [-0.05, 0) is 42.0 Å². The Morgan fingerprint density at radius 3 is 1.90 bits per heavy atom. The maximum atomic E-state index is 8.95. The highest BCUT2D eigenvalue weighted by atomic mass is 14.7. The standard InChI is InChI=1S/C17H12N4/c18-6-5-13-9-16(14-3-1-7-19-11-14)21-17(10-13)15-4-2-8-20-12-15/h1-4,7-12H,5H2.